The molecule has 51 heavy (non-hydrogen) atoms. The van der Waals surface area contributed by atoms with E-state index in [9.17, 15) is 6.85 Å². The van der Waals surface area contributed by atoms with Crippen LogP contribution in [0.25, 0.3) is 109 Å². The lowest BCUT2D eigenvalue weighted by Crippen LogP contribution is -1.94. The lowest BCUT2D eigenvalue weighted by molar-refractivity contribution is 0.669. The van der Waals surface area contributed by atoms with Gasteiger partial charge in [0.2, 0.25) is 0 Å². The monoisotopic (exact) mass is 661 g/mol. The Morgan fingerprint density at radius 3 is 1.71 bits per heavy atom. The third kappa shape index (κ3) is 4.16. The first-order chi connectivity index (χ1) is 31.5. The Morgan fingerprint density at radius 1 is 0.353 bits per heavy atom. The smallest absolute Gasteiger partial charge is 0.136 e. The summed E-state index contributed by atoms with van der Waals surface area (Å²) in [5.74, 6) is 0. The largest absolute Gasteiger partial charge is 0.456 e. The molecule has 1 aromatic heterocycles. The summed E-state index contributed by atoms with van der Waals surface area (Å²) in [4.78, 5) is 0. The van der Waals surface area contributed by atoms with Crippen LogP contribution < -0.4 is 0 Å². The molecule has 10 aromatic carbocycles. The fraction of sp³-hybridized carbons (Fsp3) is 0. The summed E-state index contributed by atoms with van der Waals surface area (Å²) >= 11 is 0. The highest BCUT2D eigenvalue weighted by Gasteiger charge is 2.22. The van der Waals surface area contributed by atoms with Crippen molar-refractivity contribution in [1.29, 1.82) is 0 Å². The van der Waals surface area contributed by atoms with E-state index >= 15 is 0 Å². The molecular formula is C50H30O. The van der Waals surface area contributed by atoms with Crippen molar-refractivity contribution in [2.75, 3.05) is 0 Å². The average molecular weight is 662 g/mol. The number of furan rings is 1. The predicted molar refractivity (Wildman–Crippen MR) is 218 cm³/mol. The molecule has 0 atom stereocenters. The first-order valence-electron chi connectivity index (χ1n) is 23.9. The second-order valence-corrected chi connectivity index (χ2v) is 12.4. The summed E-state index contributed by atoms with van der Waals surface area (Å²) in [7, 11) is 0. The first-order valence-corrected chi connectivity index (χ1v) is 16.4. The number of hydrogen-bond donors (Lipinski definition) is 0. The lowest BCUT2D eigenvalue weighted by atomic mass is 9.81. The zero-order valence-corrected chi connectivity index (χ0v) is 26.6. The normalized spacial score (nSPS) is 16.0. The fourth-order valence-electron chi connectivity index (χ4n) is 7.62. The van der Waals surface area contributed by atoms with Crippen LogP contribution in [0.3, 0.4) is 0 Å². The van der Waals surface area contributed by atoms with E-state index in [-0.39, 0.29) is 32.7 Å². The van der Waals surface area contributed by atoms with Crippen LogP contribution in [-0.2, 0) is 0 Å². The maximum absolute atomic E-state index is 9.71. The van der Waals surface area contributed by atoms with Gasteiger partial charge in [-0.15, -0.1) is 0 Å². The summed E-state index contributed by atoms with van der Waals surface area (Å²) in [5, 5.41) is 3.04. The van der Waals surface area contributed by atoms with E-state index in [4.69, 9.17) is 18.1 Å². The molecule has 0 aliphatic carbocycles. The average Bonchev–Trinajstić information content (AvgIpc) is 3.71. The van der Waals surface area contributed by atoms with E-state index in [0.29, 0.717) is 38.6 Å². The van der Waals surface area contributed by atoms with Gasteiger partial charge in [0.15, 0.2) is 0 Å². The van der Waals surface area contributed by atoms with Crippen LogP contribution >= 0.6 is 0 Å². The van der Waals surface area contributed by atoms with E-state index in [1.165, 1.54) is 0 Å². The van der Waals surface area contributed by atoms with Crippen molar-refractivity contribution in [2.24, 2.45) is 0 Å². The zero-order chi connectivity index (χ0) is 46.5. The Labute approximate surface area is 315 Å². The van der Waals surface area contributed by atoms with E-state index in [1.807, 2.05) is 84.9 Å². The molecule has 236 valence electrons. The fourth-order valence-corrected chi connectivity index (χ4v) is 7.62. The van der Waals surface area contributed by atoms with Crippen molar-refractivity contribution in [3.05, 3.63) is 182 Å². The van der Waals surface area contributed by atoms with E-state index in [1.54, 1.807) is 6.07 Å². The highest BCUT2D eigenvalue weighted by molar-refractivity contribution is 6.27. The number of hydrogen-bond acceptors (Lipinski definition) is 1. The number of benzene rings is 10. The van der Waals surface area contributed by atoms with Gasteiger partial charge in [-0.2, -0.15) is 0 Å². The van der Waals surface area contributed by atoms with Gasteiger partial charge in [0.25, 0.3) is 0 Å². The molecule has 0 aliphatic rings. The molecule has 1 heteroatoms. The van der Waals surface area contributed by atoms with Crippen LogP contribution in [0.15, 0.2) is 186 Å². The summed E-state index contributed by atoms with van der Waals surface area (Å²) in [5.41, 5.74) is 2.03. The molecule has 0 unspecified atom stereocenters. The summed E-state index contributed by atoms with van der Waals surface area (Å²) < 4.78 is 144. The Hall–Kier alpha value is -6.70. The Balaban J connectivity index is 1.42. The summed E-state index contributed by atoms with van der Waals surface area (Å²) in [6.07, 6.45) is 0. The van der Waals surface area contributed by atoms with E-state index in [2.05, 4.69) is 0 Å². The van der Waals surface area contributed by atoms with E-state index < -0.39 is 107 Å². The molecular weight excluding hydrogens is 617 g/mol. The molecule has 11 rings (SSSR count). The van der Waals surface area contributed by atoms with Crippen LogP contribution in [0.2, 0.25) is 0 Å². The Morgan fingerprint density at radius 2 is 0.941 bits per heavy atom. The molecule has 0 fully saturated rings. The van der Waals surface area contributed by atoms with Crippen LogP contribution in [0.5, 0.6) is 0 Å². The molecule has 0 bridgehead atoms. The quantitative estimate of drug-likeness (QED) is 0.172. The topological polar surface area (TPSA) is 13.1 Å². The molecule has 1 heterocycles. The third-order valence-electron chi connectivity index (χ3n) is 9.79. The first kappa shape index (κ1) is 17.3. The molecule has 0 N–H and O–H groups in total. The van der Waals surface area contributed by atoms with Gasteiger partial charge >= 0.3 is 0 Å². The Kier molecular flexibility index (Phi) is 3.70. The molecule has 1 nitrogen and oxygen atoms in total. The summed E-state index contributed by atoms with van der Waals surface area (Å²) in [6, 6.07) is 18.2. The van der Waals surface area contributed by atoms with Gasteiger partial charge in [-0.3, -0.25) is 0 Å². The lowest BCUT2D eigenvalue weighted by Gasteiger charge is -2.22. The van der Waals surface area contributed by atoms with Gasteiger partial charge in [-0.25, -0.2) is 0 Å². The van der Waals surface area contributed by atoms with Crippen molar-refractivity contribution in [3.8, 4) is 33.4 Å². The van der Waals surface area contributed by atoms with E-state index in [0.717, 1.165) is 21.5 Å². The van der Waals surface area contributed by atoms with Crippen LogP contribution in [0.1, 0.15) is 20.6 Å². The highest BCUT2D eigenvalue weighted by Crippen LogP contribution is 2.49. The van der Waals surface area contributed by atoms with Gasteiger partial charge in [0.05, 0.1) is 20.6 Å². The Bertz CT molecular complexity index is 3970. The molecule has 0 saturated heterocycles. The molecule has 0 aliphatic heterocycles. The molecule has 0 saturated carbocycles. The standard InChI is InChI=1S/C50H30O/c1-4-16-35-31(12-1)15-11-23-39(35)47-40-19-7-9-21-42(40)50(43-22-10-8-20-41(43)47)49-37-18-6-3-13-32(37)24-27-38(49)34-26-28-45-44(30-34)48-36-17-5-2-14-33(36)25-29-46(48)51-45/h1-30H/i1D,4D,7D,8D,9D,10D,11D,12D,15D,16D,19D,20D,21D,22D,23D. The van der Waals surface area contributed by atoms with Gasteiger partial charge in [-0.1, -0.05) is 163 Å². The third-order valence-corrected chi connectivity index (χ3v) is 9.79. The second-order valence-electron chi connectivity index (χ2n) is 12.4. The van der Waals surface area contributed by atoms with Crippen molar-refractivity contribution in [3.63, 3.8) is 0 Å². The maximum Gasteiger partial charge on any atom is 0.136 e. The predicted octanol–water partition coefficient (Wildman–Crippen LogP) is 14.4. The molecule has 0 amide bonds. The minimum Gasteiger partial charge on any atom is -0.456 e. The SMILES string of the molecule is [2H]c1c([2H])c([2H])c2c(-c3c4c([2H])c([2H])c([2H])c([2H])c4c(-c4c(-c5ccc6oc7ccc8ccccc8c7c6c5)ccc5ccccc45)c4c([2H])c([2H])c([2H])c([2H])c34)c([2H])c([2H])c([2H])c2c1[2H]. The second kappa shape index (κ2) is 10.9. The van der Waals surface area contributed by atoms with Crippen LogP contribution in [0, 0.1) is 0 Å². The minimum atomic E-state index is -0.763. The van der Waals surface area contributed by atoms with Crippen molar-refractivity contribution < 1.29 is 25.0 Å². The van der Waals surface area contributed by atoms with Gasteiger partial charge < -0.3 is 4.42 Å². The molecule has 11 aromatic rings. The maximum atomic E-state index is 9.71. The zero-order valence-electron chi connectivity index (χ0n) is 41.6. The minimum absolute atomic E-state index is 0.0260. The van der Waals surface area contributed by atoms with Gasteiger partial charge in [0, 0.05) is 10.8 Å². The van der Waals surface area contributed by atoms with Crippen LogP contribution in [0.4, 0.5) is 0 Å². The number of rotatable bonds is 3. The van der Waals surface area contributed by atoms with Crippen molar-refractivity contribution in [2.45, 2.75) is 0 Å². The van der Waals surface area contributed by atoms with Gasteiger partial charge in [-0.05, 0) is 105 Å². The molecule has 0 spiro atoms. The van der Waals surface area contributed by atoms with Crippen LogP contribution in [-0.4, -0.2) is 0 Å². The van der Waals surface area contributed by atoms with Gasteiger partial charge in [0.1, 0.15) is 11.2 Å². The van der Waals surface area contributed by atoms with Crippen molar-refractivity contribution in [1.82, 2.24) is 0 Å². The highest BCUT2D eigenvalue weighted by atomic mass is 16.3. The van der Waals surface area contributed by atoms with Crippen molar-refractivity contribution >= 4 is 75.8 Å². The number of fused-ring (bicyclic) bond motifs is 9. The summed E-state index contributed by atoms with van der Waals surface area (Å²) in [6.45, 7) is 0. The molecule has 0 radical (unpaired) electrons.